The van der Waals surface area contributed by atoms with Crippen LogP contribution in [0.15, 0.2) is 30.5 Å². The van der Waals surface area contributed by atoms with Crippen LogP contribution in [0.2, 0.25) is 0 Å². The zero-order valence-electron chi connectivity index (χ0n) is 10.1. The van der Waals surface area contributed by atoms with E-state index >= 15 is 0 Å². The van der Waals surface area contributed by atoms with Crippen LogP contribution in [0.4, 0.5) is 13.2 Å². The molecule has 19 heavy (non-hydrogen) atoms. The number of halogens is 4. The van der Waals surface area contributed by atoms with Crippen LogP contribution in [0.5, 0.6) is 0 Å². The molecule has 1 nitrogen and oxygen atoms in total. The highest BCUT2D eigenvalue weighted by atomic mass is 35.5. The molecule has 1 aromatic carbocycles. The lowest BCUT2D eigenvalue weighted by molar-refractivity contribution is 0.440. The Morgan fingerprint density at radius 2 is 1.89 bits per heavy atom. The van der Waals surface area contributed by atoms with Crippen molar-refractivity contribution in [2.45, 2.75) is 18.7 Å². The third kappa shape index (κ3) is 2.89. The minimum absolute atomic E-state index is 0.0642. The molecule has 0 radical (unpaired) electrons. The topological polar surface area (TPSA) is 12.9 Å². The molecule has 0 aliphatic carbocycles. The minimum atomic E-state index is -1.50. The van der Waals surface area contributed by atoms with Gasteiger partial charge in [0.05, 0.1) is 5.38 Å². The van der Waals surface area contributed by atoms with Gasteiger partial charge in [-0.1, -0.05) is 12.1 Å². The highest BCUT2D eigenvalue weighted by Gasteiger charge is 2.20. The Balaban J connectivity index is 2.28. The molecule has 0 bridgehead atoms. The van der Waals surface area contributed by atoms with Crippen LogP contribution >= 0.6 is 11.6 Å². The van der Waals surface area contributed by atoms with Crippen molar-refractivity contribution in [3.05, 3.63) is 64.7 Å². The highest BCUT2D eigenvalue weighted by molar-refractivity contribution is 6.20. The van der Waals surface area contributed by atoms with Gasteiger partial charge in [-0.2, -0.15) is 0 Å². The summed E-state index contributed by atoms with van der Waals surface area (Å²) in [6.07, 6.45) is 1.85. The summed E-state index contributed by atoms with van der Waals surface area (Å²) < 4.78 is 39.6. The fraction of sp³-hybridized carbons (Fsp3) is 0.214. The Labute approximate surface area is 114 Å². The molecule has 2 rings (SSSR count). The van der Waals surface area contributed by atoms with Crippen molar-refractivity contribution in [1.82, 2.24) is 4.98 Å². The van der Waals surface area contributed by atoms with E-state index in [-0.39, 0.29) is 12.0 Å². The summed E-state index contributed by atoms with van der Waals surface area (Å²) in [4.78, 5) is 4.14. The van der Waals surface area contributed by atoms with Crippen molar-refractivity contribution in [3.8, 4) is 0 Å². The second-order valence-corrected chi connectivity index (χ2v) is 4.73. The summed E-state index contributed by atoms with van der Waals surface area (Å²) in [6, 6.07) is 5.66. The SMILES string of the molecule is Cc1cccnc1CC(Cl)c1ccc(F)c(F)c1F. The van der Waals surface area contributed by atoms with Crippen LogP contribution in [-0.4, -0.2) is 4.98 Å². The maximum absolute atomic E-state index is 13.6. The van der Waals surface area contributed by atoms with Crippen LogP contribution in [0.25, 0.3) is 0 Å². The first-order chi connectivity index (χ1) is 9.00. The number of rotatable bonds is 3. The Bertz CT molecular complexity index is 601. The van der Waals surface area contributed by atoms with Gasteiger partial charge in [-0.25, -0.2) is 13.2 Å². The molecular formula is C14H11ClF3N. The van der Waals surface area contributed by atoms with Gasteiger partial charge in [-0.05, 0) is 24.6 Å². The van der Waals surface area contributed by atoms with Crippen molar-refractivity contribution < 1.29 is 13.2 Å². The molecule has 1 atom stereocenters. The quantitative estimate of drug-likeness (QED) is 0.604. The van der Waals surface area contributed by atoms with Gasteiger partial charge >= 0.3 is 0 Å². The van der Waals surface area contributed by atoms with Crippen molar-refractivity contribution in [2.75, 3.05) is 0 Å². The number of nitrogens with zero attached hydrogens (tertiary/aromatic N) is 1. The number of alkyl halides is 1. The Kier molecular flexibility index (Phi) is 4.10. The lowest BCUT2D eigenvalue weighted by Gasteiger charge is -2.12. The van der Waals surface area contributed by atoms with Crippen LogP contribution in [0, 0.1) is 24.4 Å². The van der Waals surface area contributed by atoms with Crippen LogP contribution in [-0.2, 0) is 6.42 Å². The summed E-state index contributed by atoms with van der Waals surface area (Å²) in [5, 5.41) is -0.802. The fourth-order valence-electron chi connectivity index (χ4n) is 1.79. The van der Waals surface area contributed by atoms with E-state index in [0.29, 0.717) is 5.69 Å². The number of aryl methyl sites for hydroxylation is 1. The first kappa shape index (κ1) is 13.9. The third-order valence-corrected chi connectivity index (χ3v) is 3.28. The summed E-state index contributed by atoms with van der Waals surface area (Å²) in [6.45, 7) is 1.85. The molecule has 0 amide bonds. The average molecular weight is 286 g/mol. The number of aromatic nitrogens is 1. The molecule has 0 N–H and O–H groups in total. The van der Waals surface area contributed by atoms with E-state index in [2.05, 4.69) is 4.98 Å². The number of benzene rings is 1. The Morgan fingerprint density at radius 3 is 2.58 bits per heavy atom. The molecule has 1 unspecified atom stereocenters. The first-order valence-corrected chi connectivity index (χ1v) is 6.12. The van der Waals surface area contributed by atoms with Crippen molar-refractivity contribution in [3.63, 3.8) is 0 Å². The van der Waals surface area contributed by atoms with Crippen molar-refractivity contribution in [2.24, 2.45) is 0 Å². The van der Waals surface area contributed by atoms with Gasteiger partial charge in [-0.15, -0.1) is 11.6 Å². The number of pyridine rings is 1. The maximum atomic E-state index is 13.6. The molecule has 2 aromatic rings. The van der Waals surface area contributed by atoms with Gasteiger partial charge in [0.1, 0.15) is 0 Å². The van der Waals surface area contributed by atoms with Gasteiger partial charge in [0.15, 0.2) is 17.5 Å². The number of hydrogen-bond acceptors (Lipinski definition) is 1. The molecule has 5 heteroatoms. The second-order valence-electron chi connectivity index (χ2n) is 4.20. The summed E-state index contributed by atoms with van der Waals surface area (Å²) >= 11 is 6.07. The van der Waals surface area contributed by atoms with Crippen molar-refractivity contribution >= 4 is 11.6 Å². The molecule has 0 fully saturated rings. The lowest BCUT2D eigenvalue weighted by Crippen LogP contribution is -2.05. The van der Waals surface area contributed by atoms with E-state index in [4.69, 9.17) is 11.6 Å². The van der Waals surface area contributed by atoms with E-state index in [0.717, 1.165) is 17.7 Å². The maximum Gasteiger partial charge on any atom is 0.194 e. The summed E-state index contributed by atoms with van der Waals surface area (Å²) in [7, 11) is 0. The van der Waals surface area contributed by atoms with Crippen LogP contribution in [0.3, 0.4) is 0 Å². The standard InChI is InChI=1S/C14H11ClF3N/c1-8-3-2-6-19-12(8)7-10(15)9-4-5-11(16)14(18)13(9)17/h2-6,10H,7H2,1H3. The Hall–Kier alpha value is -1.55. The first-order valence-electron chi connectivity index (χ1n) is 5.68. The van der Waals surface area contributed by atoms with Gasteiger partial charge in [-0.3, -0.25) is 4.98 Å². The van der Waals surface area contributed by atoms with Crippen LogP contribution in [0.1, 0.15) is 22.2 Å². The molecule has 1 aromatic heterocycles. The fourth-order valence-corrected chi connectivity index (χ4v) is 2.11. The predicted octanol–water partition coefficient (Wildman–Crippen LogP) is 4.33. The minimum Gasteiger partial charge on any atom is -0.261 e. The highest BCUT2D eigenvalue weighted by Crippen LogP contribution is 2.29. The van der Waals surface area contributed by atoms with Gasteiger partial charge in [0, 0.05) is 23.9 Å². The summed E-state index contributed by atoms with van der Waals surface area (Å²) in [5.74, 6) is -3.96. The van der Waals surface area contributed by atoms with E-state index in [9.17, 15) is 13.2 Å². The number of hydrogen-bond donors (Lipinski definition) is 0. The van der Waals surface area contributed by atoms with E-state index in [1.165, 1.54) is 0 Å². The van der Waals surface area contributed by atoms with E-state index in [1.807, 2.05) is 13.0 Å². The molecule has 0 saturated carbocycles. The van der Waals surface area contributed by atoms with E-state index < -0.39 is 22.8 Å². The van der Waals surface area contributed by atoms with E-state index in [1.54, 1.807) is 12.3 Å². The largest absolute Gasteiger partial charge is 0.261 e. The molecule has 0 aliphatic rings. The molecule has 1 heterocycles. The van der Waals surface area contributed by atoms with Gasteiger partial charge in [0.2, 0.25) is 0 Å². The zero-order valence-corrected chi connectivity index (χ0v) is 10.9. The lowest BCUT2D eigenvalue weighted by atomic mass is 10.0. The normalized spacial score (nSPS) is 12.5. The summed E-state index contributed by atoms with van der Waals surface area (Å²) in [5.41, 5.74) is 1.55. The molecule has 100 valence electrons. The molecule has 0 saturated heterocycles. The van der Waals surface area contributed by atoms with Gasteiger partial charge < -0.3 is 0 Å². The molecular weight excluding hydrogens is 275 g/mol. The molecule has 0 aliphatic heterocycles. The smallest absolute Gasteiger partial charge is 0.194 e. The second kappa shape index (κ2) is 5.61. The third-order valence-electron chi connectivity index (χ3n) is 2.89. The monoisotopic (exact) mass is 285 g/mol. The zero-order chi connectivity index (χ0) is 14.0. The Morgan fingerprint density at radius 1 is 1.16 bits per heavy atom. The average Bonchev–Trinajstić information content (AvgIpc) is 2.39. The van der Waals surface area contributed by atoms with Crippen molar-refractivity contribution in [1.29, 1.82) is 0 Å². The van der Waals surface area contributed by atoms with Gasteiger partial charge in [0.25, 0.3) is 0 Å². The molecule has 0 spiro atoms. The predicted molar refractivity (Wildman–Crippen MR) is 67.6 cm³/mol. The van der Waals surface area contributed by atoms with Crippen LogP contribution < -0.4 is 0 Å².